The van der Waals surface area contributed by atoms with Crippen molar-refractivity contribution in [1.82, 2.24) is 20.4 Å². The smallest absolute Gasteiger partial charge is 0.240 e. The van der Waals surface area contributed by atoms with E-state index >= 15 is 0 Å². The molecule has 0 unspecified atom stereocenters. The summed E-state index contributed by atoms with van der Waals surface area (Å²) >= 11 is 3.53. The lowest BCUT2D eigenvalue weighted by Crippen LogP contribution is -2.13. The minimum Gasteiger partial charge on any atom is -0.337 e. The Bertz CT molecular complexity index is 756. The van der Waals surface area contributed by atoms with Gasteiger partial charge in [0.1, 0.15) is 5.69 Å². The van der Waals surface area contributed by atoms with Crippen LogP contribution in [0.3, 0.4) is 0 Å². The first-order chi connectivity index (χ1) is 10.3. The number of aromatic nitrogens is 3. The van der Waals surface area contributed by atoms with Crippen LogP contribution in [0.15, 0.2) is 39.3 Å². The highest BCUT2D eigenvalue weighted by molar-refractivity contribution is 9.10. The number of hydrogen-bond acceptors (Lipinski definition) is 5. The number of hydrogen-bond donors (Lipinski definition) is 1. The summed E-state index contributed by atoms with van der Waals surface area (Å²) in [5.41, 5.74) is 1.60. The van der Waals surface area contributed by atoms with E-state index in [1.54, 1.807) is 0 Å². The summed E-state index contributed by atoms with van der Waals surface area (Å²) < 4.78 is 6.10. The first kappa shape index (κ1) is 14.2. The molecule has 3 aromatic rings. The van der Waals surface area contributed by atoms with Gasteiger partial charge in [0.2, 0.25) is 11.7 Å². The van der Waals surface area contributed by atoms with E-state index in [0.29, 0.717) is 24.0 Å². The molecule has 0 saturated heterocycles. The molecule has 0 saturated carbocycles. The largest absolute Gasteiger partial charge is 0.337 e. The quantitative estimate of drug-likeness (QED) is 0.715. The van der Waals surface area contributed by atoms with Crippen LogP contribution in [0, 0.1) is 0 Å². The van der Waals surface area contributed by atoms with Gasteiger partial charge in [-0.05, 0) is 41.0 Å². The van der Waals surface area contributed by atoms with Crippen LogP contribution in [-0.2, 0) is 6.54 Å². The number of rotatable bonds is 5. The van der Waals surface area contributed by atoms with E-state index in [1.165, 1.54) is 0 Å². The van der Waals surface area contributed by atoms with Crippen molar-refractivity contribution in [2.75, 3.05) is 6.54 Å². The van der Waals surface area contributed by atoms with E-state index in [-0.39, 0.29) is 0 Å². The minimum absolute atomic E-state index is 0.501. The van der Waals surface area contributed by atoms with Gasteiger partial charge in [0.25, 0.3) is 0 Å². The number of halogens is 1. The molecular formula is C15H15BrN4O. The third-order valence-corrected chi connectivity index (χ3v) is 3.66. The van der Waals surface area contributed by atoms with Crippen molar-refractivity contribution in [3.05, 3.63) is 40.7 Å². The van der Waals surface area contributed by atoms with Crippen molar-refractivity contribution in [2.45, 2.75) is 19.9 Å². The molecule has 0 aliphatic heterocycles. The molecule has 0 aliphatic rings. The number of pyridine rings is 1. The van der Waals surface area contributed by atoms with Gasteiger partial charge < -0.3 is 9.84 Å². The third kappa shape index (κ3) is 3.11. The zero-order valence-electron chi connectivity index (χ0n) is 11.6. The Kier molecular flexibility index (Phi) is 4.26. The van der Waals surface area contributed by atoms with Crippen LogP contribution in [-0.4, -0.2) is 21.7 Å². The molecule has 0 bridgehead atoms. The number of fused-ring (bicyclic) bond motifs is 1. The van der Waals surface area contributed by atoms with E-state index in [4.69, 9.17) is 4.52 Å². The fraction of sp³-hybridized carbons (Fsp3) is 0.267. The zero-order valence-corrected chi connectivity index (χ0v) is 13.2. The van der Waals surface area contributed by atoms with E-state index in [9.17, 15) is 0 Å². The Labute approximate surface area is 130 Å². The predicted octanol–water partition coefficient (Wildman–Crippen LogP) is 3.55. The molecule has 108 valence electrons. The van der Waals surface area contributed by atoms with Crippen LogP contribution < -0.4 is 5.32 Å². The van der Waals surface area contributed by atoms with Crippen LogP contribution in [0.5, 0.6) is 0 Å². The topological polar surface area (TPSA) is 63.8 Å². The summed E-state index contributed by atoms with van der Waals surface area (Å²) in [6.45, 7) is 3.62. The summed E-state index contributed by atoms with van der Waals surface area (Å²) in [4.78, 5) is 8.99. The monoisotopic (exact) mass is 346 g/mol. The molecule has 0 aliphatic carbocycles. The molecule has 21 heavy (non-hydrogen) atoms. The van der Waals surface area contributed by atoms with Crippen LogP contribution in [0.1, 0.15) is 19.2 Å². The molecule has 1 aromatic carbocycles. The fourth-order valence-corrected chi connectivity index (χ4v) is 2.55. The van der Waals surface area contributed by atoms with Gasteiger partial charge in [0.15, 0.2) is 0 Å². The highest BCUT2D eigenvalue weighted by atomic mass is 79.9. The van der Waals surface area contributed by atoms with Crippen molar-refractivity contribution >= 4 is 26.8 Å². The van der Waals surface area contributed by atoms with Gasteiger partial charge in [-0.15, -0.1) is 0 Å². The first-order valence-electron chi connectivity index (χ1n) is 6.87. The molecule has 3 rings (SSSR count). The number of nitrogens with zero attached hydrogens (tertiary/aromatic N) is 3. The molecule has 5 nitrogen and oxygen atoms in total. The normalized spacial score (nSPS) is 11.1. The van der Waals surface area contributed by atoms with Gasteiger partial charge in [-0.2, -0.15) is 4.98 Å². The molecular weight excluding hydrogens is 332 g/mol. The van der Waals surface area contributed by atoms with E-state index in [1.807, 2.05) is 30.3 Å². The summed E-state index contributed by atoms with van der Waals surface area (Å²) in [6.07, 6.45) is 1.07. The summed E-state index contributed by atoms with van der Waals surface area (Å²) in [7, 11) is 0. The molecule has 0 fully saturated rings. The van der Waals surface area contributed by atoms with Crippen molar-refractivity contribution in [2.24, 2.45) is 0 Å². The maximum atomic E-state index is 5.25. The summed E-state index contributed by atoms with van der Waals surface area (Å²) in [6, 6.07) is 9.95. The van der Waals surface area contributed by atoms with Crippen LogP contribution in [0.25, 0.3) is 22.4 Å². The van der Waals surface area contributed by atoms with Crippen molar-refractivity contribution in [3.8, 4) is 11.5 Å². The maximum Gasteiger partial charge on any atom is 0.240 e. The molecule has 2 heterocycles. The summed E-state index contributed by atoms with van der Waals surface area (Å²) in [5.74, 6) is 1.07. The number of nitrogens with one attached hydrogen (secondary N) is 1. The van der Waals surface area contributed by atoms with Gasteiger partial charge in [0.05, 0.1) is 12.1 Å². The van der Waals surface area contributed by atoms with Gasteiger partial charge in [-0.3, -0.25) is 0 Å². The second kappa shape index (κ2) is 6.32. The van der Waals surface area contributed by atoms with Crippen molar-refractivity contribution in [1.29, 1.82) is 0 Å². The Balaban J connectivity index is 1.91. The predicted molar refractivity (Wildman–Crippen MR) is 84.7 cm³/mol. The molecule has 2 aromatic heterocycles. The number of para-hydroxylation sites is 1. The number of benzene rings is 1. The van der Waals surface area contributed by atoms with Crippen LogP contribution >= 0.6 is 15.9 Å². The maximum absolute atomic E-state index is 5.25. The standard InChI is InChI=1S/C15H15BrN4O/c1-2-7-17-9-13-19-15(20-21-13)14-11(16)8-10-5-3-4-6-12(10)18-14/h3-6,8,17H,2,7,9H2,1H3. The summed E-state index contributed by atoms with van der Waals surface area (Å²) in [5, 5.41) is 8.32. The molecule has 6 heteroatoms. The second-order valence-corrected chi connectivity index (χ2v) is 5.55. The Morgan fingerprint density at radius 1 is 1.24 bits per heavy atom. The fourth-order valence-electron chi connectivity index (χ4n) is 2.04. The van der Waals surface area contributed by atoms with Crippen LogP contribution in [0.2, 0.25) is 0 Å². The van der Waals surface area contributed by atoms with Gasteiger partial charge in [0, 0.05) is 9.86 Å². The highest BCUT2D eigenvalue weighted by Crippen LogP contribution is 2.27. The van der Waals surface area contributed by atoms with Gasteiger partial charge in [-0.25, -0.2) is 4.98 Å². The van der Waals surface area contributed by atoms with Gasteiger partial charge in [-0.1, -0.05) is 30.3 Å². The second-order valence-electron chi connectivity index (χ2n) is 4.70. The minimum atomic E-state index is 0.501. The molecule has 1 N–H and O–H groups in total. The van der Waals surface area contributed by atoms with Crippen LogP contribution in [0.4, 0.5) is 0 Å². The highest BCUT2D eigenvalue weighted by Gasteiger charge is 2.14. The molecule has 0 atom stereocenters. The zero-order chi connectivity index (χ0) is 14.7. The average Bonchev–Trinajstić information content (AvgIpc) is 2.95. The van der Waals surface area contributed by atoms with Crippen molar-refractivity contribution in [3.63, 3.8) is 0 Å². The molecule has 0 spiro atoms. The van der Waals surface area contributed by atoms with Gasteiger partial charge >= 0.3 is 0 Å². The van der Waals surface area contributed by atoms with E-state index in [2.05, 4.69) is 43.3 Å². The first-order valence-corrected chi connectivity index (χ1v) is 7.66. The third-order valence-electron chi connectivity index (χ3n) is 3.06. The van der Waals surface area contributed by atoms with Crippen molar-refractivity contribution < 1.29 is 4.52 Å². The average molecular weight is 347 g/mol. The SMILES string of the molecule is CCCNCc1nc(-c2nc3ccccc3cc2Br)no1. The van der Waals surface area contributed by atoms with E-state index in [0.717, 1.165) is 28.3 Å². The Morgan fingerprint density at radius 3 is 2.95 bits per heavy atom. The molecule has 0 radical (unpaired) electrons. The molecule has 0 amide bonds. The Morgan fingerprint density at radius 2 is 2.10 bits per heavy atom. The van der Waals surface area contributed by atoms with E-state index < -0.39 is 0 Å². The Hall–Kier alpha value is -1.79. The lowest BCUT2D eigenvalue weighted by molar-refractivity contribution is 0.368. The lowest BCUT2D eigenvalue weighted by atomic mass is 10.2. The lowest BCUT2D eigenvalue weighted by Gasteiger charge is -2.02.